The van der Waals surface area contributed by atoms with Crippen molar-refractivity contribution >= 4 is 71.3 Å². The summed E-state index contributed by atoms with van der Waals surface area (Å²) in [4.78, 5) is 5.45. The minimum absolute atomic E-state index is 0.348. The summed E-state index contributed by atoms with van der Waals surface area (Å²) >= 11 is 0. The van der Waals surface area contributed by atoms with E-state index in [1.165, 1.54) is 49.0 Å². The molecule has 75 heavy (non-hydrogen) atoms. The molecule has 2 N–H and O–H groups in total. The van der Waals surface area contributed by atoms with E-state index in [1.807, 2.05) is 0 Å². The number of para-hydroxylation sites is 4. The van der Waals surface area contributed by atoms with Gasteiger partial charge >= 0.3 is 0 Å². The van der Waals surface area contributed by atoms with E-state index in [4.69, 9.17) is 4.99 Å². The third-order valence-electron chi connectivity index (χ3n) is 15.3. The highest BCUT2D eigenvalue weighted by molar-refractivity contribution is 6.26. The molecule has 4 heterocycles. The molecule has 0 bridgehead atoms. The number of rotatable bonds is 8. The third kappa shape index (κ3) is 6.88. The van der Waals surface area contributed by atoms with Crippen LogP contribution in [0.1, 0.15) is 23.6 Å². The molecule has 11 aromatic carbocycles. The van der Waals surface area contributed by atoms with Gasteiger partial charge in [-0.1, -0.05) is 231 Å². The predicted molar refractivity (Wildman–Crippen MR) is 312 cm³/mol. The maximum absolute atomic E-state index is 5.45. The Bertz CT molecular complexity index is 4500. The van der Waals surface area contributed by atoms with Gasteiger partial charge in [-0.2, -0.15) is 0 Å². The summed E-state index contributed by atoms with van der Waals surface area (Å²) in [6.45, 7) is 0. The zero-order valence-electron chi connectivity index (χ0n) is 40.8. The number of aromatic nitrogens is 3. The standard InChI is InChI=1S/C69H48N6/c1-6-22-45(23-7-1)46-38-40-50(41-39-46)68-70-67(49-28-12-4-13-29-49)71-69(72-68)75-60-36-20-17-33-53(60)55-43-42-54-52-32-16-19-35-59(52)74(63(54)64(55)75)65-58(48-26-10-3-11-27-48)44-57(47-24-8-2-9-25-47)62-56-34-18-21-37-61(56)73(66(62)65)51-30-14-5-15-31-51/h1-44,67,69,71H,(H,70,72). The monoisotopic (exact) mass is 960 g/mol. The first-order valence-electron chi connectivity index (χ1n) is 25.8. The highest BCUT2D eigenvalue weighted by Gasteiger charge is 2.32. The van der Waals surface area contributed by atoms with Crippen LogP contribution in [0.4, 0.5) is 0 Å². The first kappa shape index (κ1) is 42.9. The van der Waals surface area contributed by atoms with Gasteiger partial charge in [-0.05, 0) is 69.8 Å². The minimum Gasteiger partial charge on any atom is -0.337 e. The summed E-state index contributed by atoms with van der Waals surface area (Å²) in [6, 6.07) is 96.7. The smallest absolute Gasteiger partial charge is 0.162 e. The number of benzene rings is 11. The molecule has 6 nitrogen and oxygen atoms in total. The van der Waals surface area contributed by atoms with Crippen LogP contribution >= 0.6 is 0 Å². The second-order valence-electron chi connectivity index (χ2n) is 19.5. The van der Waals surface area contributed by atoms with Gasteiger partial charge in [0.15, 0.2) is 6.29 Å². The molecule has 0 aliphatic carbocycles. The van der Waals surface area contributed by atoms with Gasteiger partial charge in [-0.25, -0.2) is 4.99 Å². The number of hydrogen-bond acceptors (Lipinski definition) is 3. The largest absolute Gasteiger partial charge is 0.337 e. The molecule has 0 spiro atoms. The van der Waals surface area contributed by atoms with Crippen molar-refractivity contribution in [1.29, 1.82) is 0 Å². The molecule has 0 amide bonds. The van der Waals surface area contributed by atoms with Crippen LogP contribution in [0.25, 0.3) is 110 Å². The lowest BCUT2D eigenvalue weighted by molar-refractivity contribution is 0.330. The maximum atomic E-state index is 5.45. The number of aliphatic imine (C=N–C) groups is 1. The molecule has 3 aromatic heterocycles. The van der Waals surface area contributed by atoms with Crippen LogP contribution in [-0.2, 0) is 0 Å². The van der Waals surface area contributed by atoms with Gasteiger partial charge in [-0.3, -0.25) is 5.32 Å². The highest BCUT2D eigenvalue weighted by atomic mass is 15.4. The van der Waals surface area contributed by atoms with Crippen LogP contribution in [0.2, 0.25) is 0 Å². The molecule has 1 aliphatic rings. The minimum atomic E-state index is -0.430. The molecule has 354 valence electrons. The summed E-state index contributed by atoms with van der Waals surface area (Å²) in [7, 11) is 0. The Morgan fingerprint density at radius 3 is 1.48 bits per heavy atom. The average molecular weight is 961 g/mol. The fourth-order valence-corrected chi connectivity index (χ4v) is 12.0. The average Bonchev–Trinajstić information content (AvgIpc) is 4.31. The fourth-order valence-electron chi connectivity index (χ4n) is 12.0. The van der Waals surface area contributed by atoms with Crippen molar-refractivity contribution in [3.8, 4) is 44.8 Å². The lowest BCUT2D eigenvalue weighted by Crippen LogP contribution is -2.47. The maximum Gasteiger partial charge on any atom is 0.162 e. The van der Waals surface area contributed by atoms with Crippen molar-refractivity contribution < 1.29 is 0 Å². The van der Waals surface area contributed by atoms with Crippen molar-refractivity contribution in [2.24, 2.45) is 4.99 Å². The Morgan fingerprint density at radius 1 is 0.347 bits per heavy atom. The zero-order valence-corrected chi connectivity index (χ0v) is 40.8. The van der Waals surface area contributed by atoms with Crippen LogP contribution in [0.5, 0.6) is 0 Å². The van der Waals surface area contributed by atoms with Crippen molar-refractivity contribution in [2.45, 2.75) is 12.5 Å². The van der Waals surface area contributed by atoms with Crippen LogP contribution in [0.3, 0.4) is 0 Å². The Balaban J connectivity index is 1.08. The molecule has 0 radical (unpaired) electrons. The van der Waals surface area contributed by atoms with E-state index in [1.54, 1.807) is 0 Å². The molecule has 0 saturated heterocycles. The number of nitrogens with zero attached hydrogens (tertiary/aromatic N) is 4. The molecule has 0 fully saturated rings. The van der Waals surface area contributed by atoms with Gasteiger partial charge in [0.05, 0.1) is 38.8 Å². The topological polar surface area (TPSA) is 51.2 Å². The van der Waals surface area contributed by atoms with E-state index in [-0.39, 0.29) is 6.17 Å². The molecule has 1 aliphatic heterocycles. The molecular formula is C69H48N6. The number of amidine groups is 1. The predicted octanol–water partition coefficient (Wildman–Crippen LogP) is 16.8. The number of nitrogens with one attached hydrogen (secondary N) is 2. The third-order valence-corrected chi connectivity index (χ3v) is 15.3. The van der Waals surface area contributed by atoms with E-state index in [2.05, 4.69) is 291 Å². The van der Waals surface area contributed by atoms with E-state index >= 15 is 0 Å². The number of hydrogen-bond donors (Lipinski definition) is 2. The van der Waals surface area contributed by atoms with Gasteiger partial charge < -0.3 is 19.0 Å². The lowest BCUT2D eigenvalue weighted by Gasteiger charge is -2.34. The second-order valence-corrected chi connectivity index (χ2v) is 19.5. The molecule has 2 atom stereocenters. The molecular weight excluding hydrogens is 913 g/mol. The van der Waals surface area contributed by atoms with Crippen LogP contribution in [0.15, 0.2) is 272 Å². The molecule has 15 rings (SSSR count). The van der Waals surface area contributed by atoms with E-state index in [9.17, 15) is 0 Å². The second kappa shape index (κ2) is 17.5. The first-order chi connectivity index (χ1) is 37.2. The lowest BCUT2D eigenvalue weighted by atomic mass is 9.92. The van der Waals surface area contributed by atoms with Gasteiger partial charge in [0.2, 0.25) is 0 Å². The van der Waals surface area contributed by atoms with Crippen molar-refractivity contribution in [3.63, 3.8) is 0 Å². The van der Waals surface area contributed by atoms with Gasteiger partial charge in [-0.15, -0.1) is 0 Å². The Labute approximate surface area is 433 Å². The quantitative estimate of drug-likeness (QED) is 0.159. The Morgan fingerprint density at radius 2 is 0.827 bits per heavy atom. The van der Waals surface area contributed by atoms with Crippen molar-refractivity contribution in [1.82, 2.24) is 24.3 Å². The van der Waals surface area contributed by atoms with Crippen LogP contribution in [-0.4, -0.2) is 19.5 Å². The summed E-state index contributed by atoms with van der Waals surface area (Å²) in [6.07, 6.45) is -0.778. The normalized spacial score (nSPS) is 14.8. The summed E-state index contributed by atoms with van der Waals surface area (Å²) in [5.74, 6) is 0.822. The van der Waals surface area contributed by atoms with Crippen LogP contribution in [0, 0.1) is 0 Å². The summed E-state index contributed by atoms with van der Waals surface area (Å²) in [5, 5.41) is 15.1. The first-order valence-corrected chi connectivity index (χ1v) is 25.8. The fraction of sp³-hybridized carbons (Fsp3) is 0.0290. The molecule has 6 heteroatoms. The van der Waals surface area contributed by atoms with E-state index < -0.39 is 6.29 Å². The zero-order chi connectivity index (χ0) is 49.4. The Hall–Kier alpha value is -9.75. The molecule has 14 aromatic rings. The van der Waals surface area contributed by atoms with Crippen molar-refractivity contribution in [3.05, 3.63) is 278 Å². The number of fused-ring (bicyclic) bond motifs is 10. The van der Waals surface area contributed by atoms with Crippen LogP contribution < -0.4 is 10.6 Å². The highest BCUT2D eigenvalue weighted by Crippen LogP contribution is 2.50. The van der Waals surface area contributed by atoms with Gasteiger partial charge in [0.25, 0.3) is 0 Å². The van der Waals surface area contributed by atoms with Gasteiger partial charge in [0, 0.05) is 49.1 Å². The Kier molecular flexibility index (Phi) is 10.00. The van der Waals surface area contributed by atoms with Crippen molar-refractivity contribution in [2.75, 3.05) is 0 Å². The SMILES string of the molecule is c1ccc(-c2ccc(C3=NC(c4ccccc4)NC(n4c5ccccc5c5ccc6c7ccccc7n(-c7c(-c8ccccc8)cc(-c8ccccc8)c8c9ccccc9n(-c9ccccc9)c78)c6c54)N3)cc2)cc1. The molecule has 0 saturated carbocycles. The van der Waals surface area contributed by atoms with E-state index in [0.29, 0.717) is 0 Å². The van der Waals surface area contributed by atoms with E-state index in [0.717, 1.165) is 78.1 Å². The summed E-state index contributed by atoms with van der Waals surface area (Å²) < 4.78 is 7.63. The van der Waals surface area contributed by atoms with Gasteiger partial charge in [0.1, 0.15) is 12.0 Å². The summed E-state index contributed by atoms with van der Waals surface area (Å²) in [5.41, 5.74) is 18.0. The molecule has 2 unspecified atom stereocenters.